The van der Waals surface area contributed by atoms with E-state index in [9.17, 15) is 19.2 Å². The SMILES string of the molecule is CC(=O)C(=Cc1ccc(-c2ccc(C=C(C(C)=O)C(=O)OC(C)(C)C)cc2)cc1)C(=O)OC(C)(C)C. The molecule has 0 saturated heterocycles. The van der Waals surface area contributed by atoms with E-state index in [1.54, 1.807) is 41.5 Å². The summed E-state index contributed by atoms with van der Waals surface area (Å²) in [6.45, 7) is 13.1. The van der Waals surface area contributed by atoms with Gasteiger partial charge in [-0.25, -0.2) is 9.59 Å². The Bertz CT molecular complexity index is 1100. The van der Waals surface area contributed by atoms with Crippen LogP contribution in [0, 0.1) is 0 Å². The van der Waals surface area contributed by atoms with Crippen LogP contribution in [0.5, 0.6) is 0 Å². The number of carbonyl (C=O) groups excluding carboxylic acids is 4. The van der Waals surface area contributed by atoms with Gasteiger partial charge in [-0.3, -0.25) is 9.59 Å². The lowest BCUT2D eigenvalue weighted by Crippen LogP contribution is -2.26. The summed E-state index contributed by atoms with van der Waals surface area (Å²) in [6, 6.07) is 14.8. The van der Waals surface area contributed by atoms with Crippen LogP contribution in [0.1, 0.15) is 66.5 Å². The van der Waals surface area contributed by atoms with Gasteiger partial charge in [-0.15, -0.1) is 0 Å². The van der Waals surface area contributed by atoms with Crippen LogP contribution in [0.15, 0.2) is 59.7 Å². The number of esters is 2. The van der Waals surface area contributed by atoms with E-state index in [4.69, 9.17) is 9.47 Å². The van der Waals surface area contributed by atoms with Crippen molar-refractivity contribution in [2.75, 3.05) is 0 Å². The summed E-state index contributed by atoms with van der Waals surface area (Å²) in [5, 5.41) is 0. The Labute approximate surface area is 213 Å². The molecule has 0 aliphatic rings. The van der Waals surface area contributed by atoms with Gasteiger partial charge in [0.25, 0.3) is 0 Å². The number of hydrogen-bond acceptors (Lipinski definition) is 6. The minimum atomic E-state index is -0.699. The van der Waals surface area contributed by atoms with Crippen LogP contribution in [0.25, 0.3) is 23.3 Å². The number of ketones is 2. The van der Waals surface area contributed by atoms with Crippen molar-refractivity contribution in [1.29, 1.82) is 0 Å². The molecule has 190 valence electrons. The minimum absolute atomic E-state index is 0.0138. The number of ether oxygens (including phenoxy) is 2. The maximum absolute atomic E-state index is 12.4. The lowest BCUT2D eigenvalue weighted by molar-refractivity contribution is -0.152. The molecule has 0 aliphatic heterocycles. The van der Waals surface area contributed by atoms with E-state index >= 15 is 0 Å². The highest BCUT2D eigenvalue weighted by molar-refractivity contribution is 6.20. The summed E-state index contributed by atoms with van der Waals surface area (Å²) < 4.78 is 10.7. The molecule has 0 saturated carbocycles. The maximum atomic E-state index is 12.4. The van der Waals surface area contributed by atoms with Gasteiger partial charge in [0.1, 0.15) is 22.3 Å². The molecule has 0 heterocycles. The van der Waals surface area contributed by atoms with Crippen LogP contribution in [0.2, 0.25) is 0 Å². The average molecular weight is 491 g/mol. The first kappa shape index (κ1) is 28.4. The quantitative estimate of drug-likeness (QED) is 0.205. The molecule has 36 heavy (non-hydrogen) atoms. The van der Waals surface area contributed by atoms with Crippen molar-refractivity contribution in [2.24, 2.45) is 0 Å². The van der Waals surface area contributed by atoms with Crippen LogP contribution < -0.4 is 0 Å². The molecule has 0 unspecified atom stereocenters. The van der Waals surface area contributed by atoms with Gasteiger partial charge in [0, 0.05) is 0 Å². The van der Waals surface area contributed by atoms with Crippen LogP contribution in [-0.4, -0.2) is 34.7 Å². The molecule has 0 spiro atoms. The topological polar surface area (TPSA) is 86.7 Å². The molecule has 6 nitrogen and oxygen atoms in total. The van der Waals surface area contributed by atoms with Crippen molar-refractivity contribution in [3.63, 3.8) is 0 Å². The van der Waals surface area contributed by atoms with Crippen molar-refractivity contribution in [3.8, 4) is 11.1 Å². The second kappa shape index (κ2) is 11.3. The number of hydrogen-bond donors (Lipinski definition) is 0. The Kier molecular flexibility index (Phi) is 8.92. The highest BCUT2D eigenvalue weighted by Crippen LogP contribution is 2.23. The van der Waals surface area contributed by atoms with Crippen LogP contribution in [0.3, 0.4) is 0 Å². The van der Waals surface area contributed by atoms with Gasteiger partial charge in [0.2, 0.25) is 0 Å². The van der Waals surface area contributed by atoms with Crippen molar-refractivity contribution >= 4 is 35.7 Å². The molecule has 0 N–H and O–H groups in total. The van der Waals surface area contributed by atoms with E-state index in [1.807, 2.05) is 48.5 Å². The molecular formula is C30H34O6. The molecule has 2 rings (SSSR count). The summed E-state index contributed by atoms with van der Waals surface area (Å²) in [7, 11) is 0. The van der Waals surface area contributed by atoms with E-state index < -0.39 is 23.1 Å². The van der Waals surface area contributed by atoms with Crippen LogP contribution >= 0.6 is 0 Å². The fourth-order valence-corrected chi connectivity index (χ4v) is 3.15. The Morgan fingerprint density at radius 3 is 1.06 bits per heavy atom. The average Bonchev–Trinajstić information content (AvgIpc) is 2.73. The summed E-state index contributed by atoms with van der Waals surface area (Å²) in [5.41, 5.74) is 1.80. The van der Waals surface area contributed by atoms with E-state index in [1.165, 1.54) is 26.0 Å². The predicted molar refractivity (Wildman–Crippen MR) is 141 cm³/mol. The van der Waals surface area contributed by atoms with Gasteiger partial charge in [0.05, 0.1) is 0 Å². The summed E-state index contributed by atoms with van der Waals surface area (Å²) in [6.07, 6.45) is 3.04. The Balaban J connectivity index is 2.26. The molecule has 2 aromatic rings. The van der Waals surface area contributed by atoms with Gasteiger partial charge in [0.15, 0.2) is 11.6 Å². The summed E-state index contributed by atoms with van der Waals surface area (Å²) in [4.78, 5) is 48.8. The van der Waals surface area contributed by atoms with Gasteiger partial charge >= 0.3 is 11.9 Å². The highest BCUT2D eigenvalue weighted by Gasteiger charge is 2.23. The zero-order chi connectivity index (χ0) is 27.3. The largest absolute Gasteiger partial charge is 0.456 e. The number of carbonyl (C=O) groups is 4. The standard InChI is InChI=1S/C30H34O6/c1-19(31)25(27(33)35-29(3,4)5)17-21-9-13-23(14-10-21)24-15-11-22(12-16-24)18-26(20(2)32)28(34)36-30(6,7)8/h9-18H,1-8H3. The van der Waals surface area contributed by atoms with Crippen molar-refractivity contribution in [3.05, 3.63) is 70.8 Å². The molecule has 0 bridgehead atoms. The second-order valence-electron chi connectivity index (χ2n) is 10.5. The van der Waals surface area contributed by atoms with Gasteiger partial charge in [-0.1, -0.05) is 48.5 Å². The molecule has 0 amide bonds. The molecule has 0 aromatic heterocycles. The van der Waals surface area contributed by atoms with Gasteiger partial charge < -0.3 is 9.47 Å². The van der Waals surface area contributed by atoms with Crippen molar-refractivity contribution < 1.29 is 28.7 Å². The Morgan fingerprint density at radius 1 is 0.556 bits per heavy atom. The first-order chi connectivity index (χ1) is 16.6. The molecule has 0 aliphatic carbocycles. The van der Waals surface area contributed by atoms with E-state index in [0.717, 1.165) is 11.1 Å². The van der Waals surface area contributed by atoms with Crippen molar-refractivity contribution in [1.82, 2.24) is 0 Å². The van der Waals surface area contributed by atoms with Gasteiger partial charge in [-0.05, 0) is 89.8 Å². The third-order valence-electron chi connectivity index (χ3n) is 4.77. The Hall–Kier alpha value is -3.80. The number of rotatable bonds is 7. The molecule has 0 radical (unpaired) electrons. The highest BCUT2D eigenvalue weighted by atomic mass is 16.6. The first-order valence-electron chi connectivity index (χ1n) is 11.7. The number of benzene rings is 2. The third-order valence-corrected chi connectivity index (χ3v) is 4.77. The van der Waals surface area contributed by atoms with Crippen LogP contribution in [-0.2, 0) is 28.7 Å². The minimum Gasteiger partial charge on any atom is -0.456 e. The zero-order valence-electron chi connectivity index (χ0n) is 22.2. The summed E-state index contributed by atoms with van der Waals surface area (Å²) in [5.74, 6) is -2.04. The third kappa shape index (κ3) is 8.77. The van der Waals surface area contributed by atoms with Crippen molar-refractivity contribution in [2.45, 2.75) is 66.6 Å². The molecule has 6 heteroatoms. The molecular weight excluding hydrogens is 456 g/mol. The fraction of sp³-hybridized carbons (Fsp3) is 0.333. The lowest BCUT2D eigenvalue weighted by Gasteiger charge is -2.20. The smallest absolute Gasteiger partial charge is 0.342 e. The van der Waals surface area contributed by atoms with E-state index in [-0.39, 0.29) is 22.7 Å². The normalized spacial score (nSPS) is 12.7. The fourth-order valence-electron chi connectivity index (χ4n) is 3.15. The summed E-state index contributed by atoms with van der Waals surface area (Å²) >= 11 is 0. The maximum Gasteiger partial charge on any atom is 0.342 e. The second-order valence-corrected chi connectivity index (χ2v) is 10.5. The molecule has 2 aromatic carbocycles. The number of Topliss-reactive ketones (excluding diaryl/α,β-unsaturated/α-hetero) is 2. The van der Waals surface area contributed by atoms with E-state index in [2.05, 4.69) is 0 Å². The molecule has 0 fully saturated rings. The zero-order valence-corrected chi connectivity index (χ0v) is 22.2. The van der Waals surface area contributed by atoms with Gasteiger partial charge in [-0.2, -0.15) is 0 Å². The van der Waals surface area contributed by atoms with E-state index in [0.29, 0.717) is 11.1 Å². The monoisotopic (exact) mass is 490 g/mol. The predicted octanol–water partition coefficient (Wildman–Crippen LogP) is 5.98. The Morgan fingerprint density at radius 2 is 0.833 bits per heavy atom. The first-order valence-corrected chi connectivity index (χ1v) is 11.7. The van der Waals surface area contributed by atoms with Crippen LogP contribution in [0.4, 0.5) is 0 Å². The lowest BCUT2D eigenvalue weighted by atomic mass is 10.00. The molecule has 0 atom stereocenters.